The average Bonchev–Trinajstić information content (AvgIpc) is 2.61. The molecule has 24 heavy (non-hydrogen) atoms. The highest BCUT2D eigenvalue weighted by atomic mass is 16.5. The summed E-state index contributed by atoms with van der Waals surface area (Å²) in [4.78, 5) is 13.2. The van der Waals surface area contributed by atoms with Crippen LogP contribution in [0.15, 0.2) is 29.8 Å². The normalized spacial score (nSPS) is 25.8. The Morgan fingerprint density at radius 1 is 1.17 bits per heavy atom. The topological polar surface area (TPSA) is 44.8 Å². The molecule has 1 saturated carbocycles. The molecule has 0 saturated heterocycles. The van der Waals surface area contributed by atoms with E-state index < -0.39 is 0 Å². The van der Waals surface area contributed by atoms with Crippen LogP contribution in [0.1, 0.15) is 38.7 Å². The summed E-state index contributed by atoms with van der Waals surface area (Å²) in [5.41, 5.74) is 1.60. The van der Waals surface area contributed by atoms with Crippen molar-refractivity contribution in [3.63, 3.8) is 0 Å². The number of hydrogen-bond acceptors (Lipinski definition) is 4. The number of benzene rings is 1. The molecule has 0 bridgehead atoms. The Labute approximate surface area is 143 Å². The molecule has 4 nitrogen and oxygen atoms in total. The summed E-state index contributed by atoms with van der Waals surface area (Å²) in [6.07, 6.45) is 2.54. The second-order valence-corrected chi connectivity index (χ2v) is 6.47. The van der Waals surface area contributed by atoms with E-state index in [1.54, 1.807) is 7.11 Å². The minimum atomic E-state index is -0.197. The van der Waals surface area contributed by atoms with Crippen LogP contribution < -0.4 is 4.74 Å². The van der Waals surface area contributed by atoms with E-state index >= 15 is 0 Å². The van der Waals surface area contributed by atoms with Crippen molar-refractivity contribution < 1.29 is 19.0 Å². The lowest BCUT2D eigenvalue weighted by Gasteiger charge is -2.39. The summed E-state index contributed by atoms with van der Waals surface area (Å²) in [6.45, 7) is 5.17. The smallest absolute Gasteiger partial charge is 0.169 e. The Bertz CT molecular complexity index is 634. The number of ether oxygens (including phenoxy) is 3. The van der Waals surface area contributed by atoms with E-state index in [2.05, 4.69) is 13.8 Å². The van der Waals surface area contributed by atoms with Crippen molar-refractivity contribution in [2.45, 2.75) is 39.2 Å². The van der Waals surface area contributed by atoms with Crippen LogP contribution in [-0.4, -0.2) is 32.2 Å². The lowest BCUT2D eigenvalue weighted by molar-refractivity contribution is -0.124. The quantitative estimate of drug-likeness (QED) is 0.743. The van der Waals surface area contributed by atoms with Crippen molar-refractivity contribution in [3.8, 4) is 5.75 Å². The van der Waals surface area contributed by atoms with Gasteiger partial charge in [-0.25, -0.2) is 0 Å². The molecule has 2 aliphatic rings. The van der Waals surface area contributed by atoms with Crippen LogP contribution in [0.4, 0.5) is 0 Å². The fourth-order valence-electron chi connectivity index (χ4n) is 3.90. The lowest BCUT2D eigenvalue weighted by Crippen LogP contribution is -2.42. The summed E-state index contributed by atoms with van der Waals surface area (Å²) in [7, 11) is 1.65. The SMILES string of the molecule is CCC1CC2Oc3ccccc3C(OCCOC)=C2C(=O)C1CC. The van der Waals surface area contributed by atoms with Crippen molar-refractivity contribution >= 4 is 11.5 Å². The molecule has 130 valence electrons. The van der Waals surface area contributed by atoms with E-state index in [9.17, 15) is 4.79 Å². The molecular formula is C20H26O4. The third-order valence-corrected chi connectivity index (χ3v) is 5.15. The molecule has 1 aliphatic carbocycles. The Morgan fingerprint density at radius 3 is 2.67 bits per heavy atom. The summed E-state index contributed by atoms with van der Waals surface area (Å²) in [6, 6.07) is 7.81. The summed E-state index contributed by atoms with van der Waals surface area (Å²) < 4.78 is 17.3. The molecule has 1 heterocycles. The third kappa shape index (κ3) is 2.95. The summed E-state index contributed by atoms with van der Waals surface area (Å²) >= 11 is 0. The van der Waals surface area contributed by atoms with Gasteiger partial charge in [0.25, 0.3) is 0 Å². The van der Waals surface area contributed by atoms with Crippen molar-refractivity contribution in [3.05, 3.63) is 35.4 Å². The molecule has 1 aromatic rings. The maximum atomic E-state index is 13.2. The van der Waals surface area contributed by atoms with Gasteiger partial charge >= 0.3 is 0 Å². The predicted octanol–water partition coefficient (Wildman–Crippen LogP) is 3.85. The first kappa shape index (κ1) is 17.0. The number of hydrogen-bond donors (Lipinski definition) is 0. The van der Waals surface area contributed by atoms with Gasteiger partial charge in [-0.3, -0.25) is 4.79 Å². The van der Waals surface area contributed by atoms with E-state index in [4.69, 9.17) is 14.2 Å². The summed E-state index contributed by atoms with van der Waals surface area (Å²) in [5.74, 6) is 2.13. The van der Waals surface area contributed by atoms with Crippen LogP contribution in [0.3, 0.4) is 0 Å². The van der Waals surface area contributed by atoms with Crippen molar-refractivity contribution in [1.82, 2.24) is 0 Å². The maximum Gasteiger partial charge on any atom is 0.169 e. The predicted molar refractivity (Wildman–Crippen MR) is 92.8 cm³/mol. The number of Topliss-reactive ketones (excluding diaryl/α,β-unsaturated/α-hetero) is 1. The highest BCUT2D eigenvalue weighted by molar-refractivity contribution is 6.05. The lowest BCUT2D eigenvalue weighted by atomic mass is 9.71. The zero-order valence-corrected chi connectivity index (χ0v) is 14.7. The van der Waals surface area contributed by atoms with Gasteiger partial charge < -0.3 is 14.2 Å². The molecule has 3 rings (SSSR count). The minimum Gasteiger partial charge on any atom is -0.490 e. The molecule has 0 radical (unpaired) electrons. The van der Waals surface area contributed by atoms with Gasteiger partial charge in [-0.15, -0.1) is 0 Å². The largest absolute Gasteiger partial charge is 0.490 e. The molecule has 4 heteroatoms. The zero-order valence-electron chi connectivity index (χ0n) is 14.7. The second kappa shape index (κ2) is 7.39. The van der Waals surface area contributed by atoms with Crippen LogP contribution in [-0.2, 0) is 14.3 Å². The van der Waals surface area contributed by atoms with Gasteiger partial charge in [0.1, 0.15) is 24.2 Å². The number of carbonyl (C=O) groups is 1. The van der Waals surface area contributed by atoms with Crippen LogP contribution in [0.25, 0.3) is 5.76 Å². The van der Waals surface area contributed by atoms with Gasteiger partial charge in [-0.2, -0.15) is 0 Å². The second-order valence-electron chi connectivity index (χ2n) is 6.47. The maximum absolute atomic E-state index is 13.2. The summed E-state index contributed by atoms with van der Waals surface area (Å²) in [5, 5.41) is 0. The number of fused-ring (bicyclic) bond motifs is 2. The molecule has 3 atom stereocenters. The van der Waals surface area contributed by atoms with Gasteiger partial charge in [0, 0.05) is 13.0 Å². The van der Waals surface area contributed by atoms with E-state index in [0.29, 0.717) is 24.9 Å². The Morgan fingerprint density at radius 2 is 1.96 bits per heavy atom. The van der Waals surface area contributed by atoms with Crippen molar-refractivity contribution in [1.29, 1.82) is 0 Å². The Kier molecular flexibility index (Phi) is 5.24. The van der Waals surface area contributed by atoms with E-state index in [1.165, 1.54) is 0 Å². The first-order valence-corrected chi connectivity index (χ1v) is 8.87. The Hall–Kier alpha value is -1.81. The van der Waals surface area contributed by atoms with Gasteiger partial charge in [0.2, 0.25) is 0 Å². The average molecular weight is 330 g/mol. The van der Waals surface area contributed by atoms with Crippen molar-refractivity contribution in [2.75, 3.05) is 20.3 Å². The molecule has 0 spiro atoms. The van der Waals surface area contributed by atoms with E-state index in [0.717, 1.165) is 36.1 Å². The molecule has 1 aromatic carbocycles. The van der Waals surface area contributed by atoms with Gasteiger partial charge in [-0.1, -0.05) is 32.4 Å². The molecule has 0 aromatic heterocycles. The molecule has 3 unspecified atom stereocenters. The first-order chi connectivity index (χ1) is 11.7. The first-order valence-electron chi connectivity index (χ1n) is 8.87. The van der Waals surface area contributed by atoms with Gasteiger partial charge in [0.05, 0.1) is 17.7 Å². The number of para-hydroxylation sites is 1. The number of carbonyl (C=O) groups excluding carboxylic acids is 1. The minimum absolute atomic E-state index is 0.0659. The number of methoxy groups -OCH3 is 1. The van der Waals surface area contributed by atoms with Gasteiger partial charge in [-0.05, 0) is 30.9 Å². The number of ketones is 1. The van der Waals surface area contributed by atoms with Crippen molar-refractivity contribution in [2.24, 2.45) is 11.8 Å². The molecule has 0 amide bonds. The monoisotopic (exact) mass is 330 g/mol. The number of rotatable bonds is 6. The van der Waals surface area contributed by atoms with Crippen LogP contribution >= 0.6 is 0 Å². The standard InChI is InChI=1S/C20H26O4/c1-4-13-12-17-18(19(21)14(13)5-2)20(23-11-10-22-3)15-8-6-7-9-16(15)24-17/h6-9,13-14,17H,4-5,10-12H2,1-3H3. The van der Waals surface area contributed by atoms with E-state index in [-0.39, 0.29) is 17.8 Å². The molecular weight excluding hydrogens is 304 g/mol. The van der Waals surface area contributed by atoms with Gasteiger partial charge in [0.15, 0.2) is 5.78 Å². The highest BCUT2D eigenvalue weighted by Crippen LogP contribution is 2.45. The Balaban J connectivity index is 2.04. The fraction of sp³-hybridized carbons (Fsp3) is 0.550. The van der Waals surface area contributed by atoms with Crippen LogP contribution in [0, 0.1) is 11.8 Å². The fourth-order valence-corrected chi connectivity index (χ4v) is 3.90. The van der Waals surface area contributed by atoms with Crippen LogP contribution in [0.2, 0.25) is 0 Å². The zero-order chi connectivity index (χ0) is 17.1. The molecule has 1 fully saturated rings. The third-order valence-electron chi connectivity index (χ3n) is 5.15. The molecule has 0 N–H and O–H groups in total. The highest BCUT2D eigenvalue weighted by Gasteiger charge is 2.44. The molecule has 1 aliphatic heterocycles. The van der Waals surface area contributed by atoms with Crippen LogP contribution in [0.5, 0.6) is 5.75 Å². The van der Waals surface area contributed by atoms with E-state index in [1.807, 2.05) is 24.3 Å².